The monoisotopic (exact) mass is 250 g/mol. The van der Waals surface area contributed by atoms with Crippen LogP contribution in [0.15, 0.2) is 0 Å². The summed E-state index contributed by atoms with van der Waals surface area (Å²) < 4.78 is 0. The maximum absolute atomic E-state index is 6.02. The summed E-state index contributed by atoms with van der Waals surface area (Å²) in [6, 6.07) is 0.683. The number of likely N-dealkylation sites (tertiary alicyclic amines) is 1. The molecule has 2 N–H and O–H groups in total. The van der Waals surface area contributed by atoms with Crippen LogP contribution in [-0.4, -0.2) is 30.6 Å². The van der Waals surface area contributed by atoms with Gasteiger partial charge < -0.3 is 5.73 Å². The summed E-state index contributed by atoms with van der Waals surface area (Å²) in [5.41, 5.74) is 6.02. The molecule has 0 aromatic rings. The molecule has 2 nitrogen and oxygen atoms in total. The molecule has 2 aliphatic carbocycles. The van der Waals surface area contributed by atoms with Gasteiger partial charge in [-0.2, -0.15) is 0 Å². The molecule has 2 heteroatoms. The van der Waals surface area contributed by atoms with Gasteiger partial charge in [-0.05, 0) is 62.3 Å². The lowest BCUT2D eigenvalue weighted by atomic mass is 9.85. The Kier molecular flexibility index (Phi) is 3.95. The normalized spacial score (nSPS) is 44.7. The van der Waals surface area contributed by atoms with Crippen molar-refractivity contribution in [1.29, 1.82) is 0 Å². The minimum Gasteiger partial charge on any atom is -0.329 e. The van der Waals surface area contributed by atoms with Gasteiger partial charge in [0.2, 0.25) is 0 Å². The average Bonchev–Trinajstić information content (AvgIpc) is 3.01. The molecule has 0 aromatic heterocycles. The van der Waals surface area contributed by atoms with E-state index in [9.17, 15) is 0 Å². The third kappa shape index (κ3) is 2.46. The summed E-state index contributed by atoms with van der Waals surface area (Å²) in [4.78, 5) is 2.75. The fourth-order valence-electron chi connectivity index (χ4n) is 4.94. The molecule has 0 radical (unpaired) electrons. The largest absolute Gasteiger partial charge is 0.329 e. The first kappa shape index (κ1) is 12.9. The van der Waals surface area contributed by atoms with E-state index >= 15 is 0 Å². The molecule has 5 atom stereocenters. The van der Waals surface area contributed by atoms with E-state index in [1.807, 2.05) is 0 Å². The van der Waals surface area contributed by atoms with Crippen molar-refractivity contribution in [2.45, 2.75) is 57.9 Å². The van der Waals surface area contributed by atoms with Gasteiger partial charge in [0.15, 0.2) is 0 Å². The van der Waals surface area contributed by atoms with Crippen LogP contribution in [0.1, 0.15) is 51.9 Å². The van der Waals surface area contributed by atoms with Crippen molar-refractivity contribution in [3.8, 4) is 0 Å². The third-order valence-electron chi connectivity index (χ3n) is 6.15. The number of hydrogen-bond acceptors (Lipinski definition) is 2. The fourth-order valence-corrected chi connectivity index (χ4v) is 4.94. The number of nitrogens with two attached hydrogens (primary N) is 1. The second kappa shape index (κ2) is 5.50. The summed E-state index contributed by atoms with van der Waals surface area (Å²) in [7, 11) is 0. The van der Waals surface area contributed by atoms with Crippen LogP contribution >= 0.6 is 0 Å². The van der Waals surface area contributed by atoms with Crippen LogP contribution in [0.3, 0.4) is 0 Å². The maximum Gasteiger partial charge on any atom is 0.0221 e. The second-order valence-corrected chi connectivity index (χ2v) is 7.12. The Morgan fingerprint density at radius 3 is 2.61 bits per heavy atom. The molecular formula is C16H30N2. The van der Waals surface area contributed by atoms with E-state index in [0.717, 1.165) is 30.2 Å². The van der Waals surface area contributed by atoms with Crippen molar-refractivity contribution in [3.63, 3.8) is 0 Å². The molecule has 3 rings (SSSR count). The van der Waals surface area contributed by atoms with Crippen molar-refractivity contribution < 1.29 is 0 Å². The van der Waals surface area contributed by atoms with E-state index in [0.29, 0.717) is 6.04 Å². The number of hydrogen-bond donors (Lipinski definition) is 1. The quantitative estimate of drug-likeness (QED) is 0.831. The van der Waals surface area contributed by atoms with Crippen molar-refractivity contribution in [2.24, 2.45) is 29.4 Å². The van der Waals surface area contributed by atoms with E-state index in [-0.39, 0.29) is 0 Å². The molecule has 3 fully saturated rings. The van der Waals surface area contributed by atoms with Crippen LogP contribution in [0.2, 0.25) is 0 Å². The average molecular weight is 250 g/mol. The first-order chi connectivity index (χ1) is 8.80. The molecule has 104 valence electrons. The van der Waals surface area contributed by atoms with Gasteiger partial charge >= 0.3 is 0 Å². The number of piperidine rings is 1. The van der Waals surface area contributed by atoms with E-state index in [1.54, 1.807) is 6.42 Å². The van der Waals surface area contributed by atoms with Crippen LogP contribution in [-0.2, 0) is 0 Å². The molecule has 3 aliphatic rings. The highest BCUT2D eigenvalue weighted by atomic mass is 15.2. The summed E-state index contributed by atoms with van der Waals surface area (Å²) in [5.74, 6) is 4.10. The lowest BCUT2D eigenvalue weighted by Gasteiger charge is -2.41. The lowest BCUT2D eigenvalue weighted by Crippen LogP contribution is -2.48. The maximum atomic E-state index is 6.02. The molecule has 18 heavy (non-hydrogen) atoms. The Labute approximate surface area is 112 Å². The molecule has 1 heterocycles. The second-order valence-electron chi connectivity index (χ2n) is 7.12. The van der Waals surface area contributed by atoms with Gasteiger partial charge in [0, 0.05) is 19.1 Å². The first-order valence-electron chi connectivity index (χ1n) is 8.24. The number of nitrogens with zero attached hydrogens (tertiary/aromatic N) is 1. The predicted molar refractivity (Wildman–Crippen MR) is 76.4 cm³/mol. The number of rotatable bonds is 4. The fraction of sp³-hybridized carbons (Fsp3) is 1.00. The van der Waals surface area contributed by atoms with Gasteiger partial charge in [0.25, 0.3) is 0 Å². The molecular weight excluding hydrogens is 220 g/mol. The Balaban J connectivity index is 1.55. The summed E-state index contributed by atoms with van der Waals surface area (Å²) in [6.45, 7) is 5.88. The predicted octanol–water partition coefficient (Wildman–Crippen LogP) is 2.87. The zero-order valence-electron chi connectivity index (χ0n) is 12.0. The molecule has 2 bridgehead atoms. The molecule has 1 aliphatic heterocycles. The smallest absolute Gasteiger partial charge is 0.0221 e. The van der Waals surface area contributed by atoms with Crippen molar-refractivity contribution in [3.05, 3.63) is 0 Å². The highest BCUT2D eigenvalue weighted by Crippen LogP contribution is 2.48. The Morgan fingerprint density at radius 1 is 1.11 bits per heavy atom. The molecule has 0 spiro atoms. The zero-order chi connectivity index (χ0) is 12.5. The Morgan fingerprint density at radius 2 is 2.00 bits per heavy atom. The van der Waals surface area contributed by atoms with Gasteiger partial charge in [-0.25, -0.2) is 0 Å². The molecule has 2 saturated carbocycles. The highest BCUT2D eigenvalue weighted by Gasteiger charge is 2.41. The van der Waals surface area contributed by atoms with Crippen molar-refractivity contribution in [1.82, 2.24) is 4.90 Å². The Bertz CT molecular complexity index is 278. The van der Waals surface area contributed by atoms with Gasteiger partial charge in [-0.3, -0.25) is 4.90 Å². The minimum absolute atomic E-state index is 0.683. The van der Waals surface area contributed by atoms with Crippen molar-refractivity contribution in [2.75, 3.05) is 19.6 Å². The van der Waals surface area contributed by atoms with Gasteiger partial charge in [0.1, 0.15) is 0 Å². The molecule has 5 unspecified atom stereocenters. The molecule has 1 saturated heterocycles. The molecule has 0 amide bonds. The highest BCUT2D eigenvalue weighted by molar-refractivity contribution is 4.93. The van der Waals surface area contributed by atoms with Gasteiger partial charge in [-0.15, -0.1) is 0 Å². The van der Waals surface area contributed by atoms with E-state index in [4.69, 9.17) is 5.73 Å². The van der Waals surface area contributed by atoms with Crippen LogP contribution in [0, 0.1) is 23.7 Å². The van der Waals surface area contributed by atoms with Crippen molar-refractivity contribution >= 4 is 0 Å². The summed E-state index contributed by atoms with van der Waals surface area (Å²) in [5, 5.41) is 0. The SMILES string of the molecule is CCC1CCN(CC2CC3CCC2C3)C(CN)C1. The van der Waals surface area contributed by atoms with Crippen LogP contribution in [0.5, 0.6) is 0 Å². The van der Waals surface area contributed by atoms with E-state index in [1.165, 1.54) is 51.6 Å². The summed E-state index contributed by atoms with van der Waals surface area (Å²) in [6.07, 6.45) is 10.2. The van der Waals surface area contributed by atoms with Gasteiger partial charge in [0.05, 0.1) is 0 Å². The van der Waals surface area contributed by atoms with Gasteiger partial charge in [-0.1, -0.05) is 19.8 Å². The zero-order valence-corrected chi connectivity index (χ0v) is 12.0. The van der Waals surface area contributed by atoms with Crippen LogP contribution < -0.4 is 5.73 Å². The topological polar surface area (TPSA) is 29.3 Å². The Hall–Kier alpha value is -0.0800. The third-order valence-corrected chi connectivity index (χ3v) is 6.15. The van der Waals surface area contributed by atoms with Crippen LogP contribution in [0.25, 0.3) is 0 Å². The minimum atomic E-state index is 0.683. The van der Waals surface area contributed by atoms with Crippen LogP contribution in [0.4, 0.5) is 0 Å². The lowest BCUT2D eigenvalue weighted by molar-refractivity contribution is 0.0840. The van der Waals surface area contributed by atoms with E-state index in [2.05, 4.69) is 11.8 Å². The standard InChI is InChI=1S/C16H30N2/c1-2-12-5-6-18(16(9-12)10-17)11-15-8-13-3-4-14(15)7-13/h12-16H,2-11,17H2,1H3. The summed E-state index contributed by atoms with van der Waals surface area (Å²) >= 11 is 0. The number of fused-ring (bicyclic) bond motifs is 2. The van der Waals surface area contributed by atoms with E-state index < -0.39 is 0 Å². The molecule has 0 aromatic carbocycles. The first-order valence-corrected chi connectivity index (χ1v) is 8.24.